The molecule has 0 radical (unpaired) electrons. The van der Waals surface area contributed by atoms with Gasteiger partial charge in [-0.2, -0.15) is 0 Å². The first-order chi connectivity index (χ1) is 9.56. The maximum Gasteiger partial charge on any atom is 0.334 e. The highest BCUT2D eigenvalue weighted by atomic mass is 19.1. The van der Waals surface area contributed by atoms with E-state index in [0.717, 1.165) is 0 Å². The van der Waals surface area contributed by atoms with Gasteiger partial charge in [-0.1, -0.05) is 12.1 Å². The Hall–Kier alpha value is -2.17. The highest BCUT2D eigenvalue weighted by Crippen LogP contribution is 2.13. The van der Waals surface area contributed by atoms with Crippen molar-refractivity contribution in [1.82, 2.24) is 0 Å². The van der Waals surface area contributed by atoms with Gasteiger partial charge in [-0.25, -0.2) is 9.18 Å². The average molecular weight is 280 g/mol. The highest BCUT2D eigenvalue weighted by Gasteiger charge is 2.16. The number of rotatable bonds is 6. The molecule has 0 heterocycles. The molecule has 0 N–H and O–H groups in total. The molecule has 5 heteroatoms. The van der Waals surface area contributed by atoms with Gasteiger partial charge in [0.25, 0.3) is 0 Å². The molecule has 0 spiro atoms. The first kappa shape index (κ1) is 15.9. The Morgan fingerprint density at radius 3 is 2.25 bits per heavy atom. The topological polar surface area (TPSA) is 52.6 Å². The number of carbonyl (C=O) groups excluding carboxylic acids is 2. The molecule has 4 nitrogen and oxygen atoms in total. The van der Waals surface area contributed by atoms with Gasteiger partial charge in [-0.15, -0.1) is 0 Å². The maximum absolute atomic E-state index is 12.8. The second-order valence-corrected chi connectivity index (χ2v) is 3.92. The van der Waals surface area contributed by atoms with Crippen LogP contribution in [0.15, 0.2) is 29.8 Å². The number of hydrogen-bond acceptors (Lipinski definition) is 4. The first-order valence-corrected chi connectivity index (χ1v) is 6.35. The molecule has 20 heavy (non-hydrogen) atoms. The predicted molar refractivity (Wildman–Crippen MR) is 72.3 cm³/mol. The molecule has 0 bridgehead atoms. The Morgan fingerprint density at radius 2 is 1.70 bits per heavy atom. The van der Waals surface area contributed by atoms with E-state index in [9.17, 15) is 14.0 Å². The van der Waals surface area contributed by atoms with Crippen molar-refractivity contribution < 1.29 is 23.5 Å². The Balaban J connectivity index is 2.93. The molecule has 0 atom stereocenters. The zero-order valence-electron chi connectivity index (χ0n) is 11.5. The SMILES string of the molecule is CCOC(=O)CC(=Cc1ccc(F)cc1)C(=O)OCC. The van der Waals surface area contributed by atoms with Crippen LogP contribution in [0.5, 0.6) is 0 Å². The average Bonchev–Trinajstić information content (AvgIpc) is 2.41. The number of halogens is 1. The lowest BCUT2D eigenvalue weighted by atomic mass is 10.1. The minimum atomic E-state index is -0.579. The van der Waals surface area contributed by atoms with Crippen molar-refractivity contribution in [2.75, 3.05) is 13.2 Å². The van der Waals surface area contributed by atoms with Gasteiger partial charge >= 0.3 is 11.9 Å². The second kappa shape index (κ2) is 8.09. The molecule has 0 aromatic heterocycles. The quantitative estimate of drug-likeness (QED) is 0.594. The van der Waals surface area contributed by atoms with Crippen molar-refractivity contribution in [3.63, 3.8) is 0 Å². The number of benzene rings is 1. The van der Waals surface area contributed by atoms with Crippen molar-refractivity contribution >= 4 is 18.0 Å². The van der Waals surface area contributed by atoms with E-state index in [1.807, 2.05) is 0 Å². The molecule has 0 unspecified atom stereocenters. The lowest BCUT2D eigenvalue weighted by molar-refractivity contribution is -0.145. The zero-order chi connectivity index (χ0) is 15.0. The smallest absolute Gasteiger partial charge is 0.334 e. The van der Waals surface area contributed by atoms with Crippen LogP contribution in [-0.2, 0) is 19.1 Å². The third kappa shape index (κ3) is 5.22. The van der Waals surface area contributed by atoms with Crippen LogP contribution in [0.3, 0.4) is 0 Å². The van der Waals surface area contributed by atoms with Crippen LogP contribution in [0, 0.1) is 5.82 Å². The Labute approximate surface area is 117 Å². The van der Waals surface area contributed by atoms with E-state index in [-0.39, 0.29) is 31.0 Å². The summed E-state index contributed by atoms with van der Waals surface area (Å²) in [6.45, 7) is 3.82. The van der Waals surface area contributed by atoms with Gasteiger partial charge in [0, 0.05) is 5.57 Å². The molecular weight excluding hydrogens is 263 g/mol. The lowest BCUT2D eigenvalue weighted by Crippen LogP contribution is -2.13. The summed E-state index contributed by atoms with van der Waals surface area (Å²) in [6.07, 6.45) is 1.32. The lowest BCUT2D eigenvalue weighted by Gasteiger charge is -2.07. The van der Waals surface area contributed by atoms with Gasteiger partial charge < -0.3 is 9.47 Å². The van der Waals surface area contributed by atoms with E-state index in [1.54, 1.807) is 13.8 Å². The molecule has 0 fully saturated rings. The van der Waals surface area contributed by atoms with Crippen molar-refractivity contribution in [1.29, 1.82) is 0 Å². The van der Waals surface area contributed by atoms with E-state index >= 15 is 0 Å². The van der Waals surface area contributed by atoms with Crippen molar-refractivity contribution in [3.8, 4) is 0 Å². The van der Waals surface area contributed by atoms with Gasteiger partial charge in [0.05, 0.1) is 19.6 Å². The fourth-order valence-corrected chi connectivity index (χ4v) is 1.53. The summed E-state index contributed by atoms with van der Waals surface area (Å²) in [6, 6.07) is 5.58. The van der Waals surface area contributed by atoms with Crippen LogP contribution in [0.25, 0.3) is 6.08 Å². The zero-order valence-corrected chi connectivity index (χ0v) is 11.5. The monoisotopic (exact) mass is 280 g/mol. The Morgan fingerprint density at radius 1 is 1.10 bits per heavy atom. The molecule has 0 aliphatic rings. The molecule has 0 aliphatic heterocycles. The number of esters is 2. The number of carbonyl (C=O) groups is 2. The van der Waals surface area contributed by atoms with Gasteiger partial charge in [0.2, 0.25) is 0 Å². The summed E-state index contributed by atoms with van der Waals surface area (Å²) in [4.78, 5) is 23.3. The van der Waals surface area contributed by atoms with Crippen LogP contribution < -0.4 is 0 Å². The van der Waals surface area contributed by atoms with Gasteiger partial charge in [-0.05, 0) is 37.6 Å². The van der Waals surface area contributed by atoms with Gasteiger partial charge in [-0.3, -0.25) is 4.79 Å². The molecule has 0 saturated carbocycles. The normalized spacial score (nSPS) is 11.1. The second-order valence-electron chi connectivity index (χ2n) is 3.92. The Kier molecular flexibility index (Phi) is 6.43. The van der Waals surface area contributed by atoms with Gasteiger partial charge in [0.15, 0.2) is 0 Å². The van der Waals surface area contributed by atoms with Crippen LogP contribution in [-0.4, -0.2) is 25.2 Å². The Bertz CT molecular complexity index is 491. The molecule has 1 aromatic carbocycles. The van der Waals surface area contributed by atoms with E-state index in [2.05, 4.69) is 0 Å². The summed E-state index contributed by atoms with van der Waals surface area (Å²) >= 11 is 0. The molecular formula is C15H17FO4. The van der Waals surface area contributed by atoms with Crippen LogP contribution in [0.1, 0.15) is 25.8 Å². The van der Waals surface area contributed by atoms with Gasteiger partial charge in [0.1, 0.15) is 5.82 Å². The summed E-state index contributed by atoms with van der Waals surface area (Å²) in [5.41, 5.74) is 0.788. The standard InChI is InChI=1S/C15H17FO4/c1-3-19-14(17)10-12(15(18)20-4-2)9-11-5-7-13(16)8-6-11/h5-9H,3-4,10H2,1-2H3. The summed E-state index contributed by atoms with van der Waals surface area (Å²) in [5, 5.41) is 0. The van der Waals surface area contributed by atoms with Crippen LogP contribution in [0.4, 0.5) is 4.39 Å². The van der Waals surface area contributed by atoms with Crippen molar-refractivity contribution in [2.24, 2.45) is 0 Å². The predicted octanol–water partition coefficient (Wildman–Crippen LogP) is 2.73. The number of hydrogen-bond donors (Lipinski definition) is 0. The fourth-order valence-electron chi connectivity index (χ4n) is 1.53. The molecule has 0 saturated heterocycles. The van der Waals surface area contributed by atoms with Crippen molar-refractivity contribution in [3.05, 3.63) is 41.2 Å². The van der Waals surface area contributed by atoms with Crippen LogP contribution >= 0.6 is 0 Å². The molecule has 108 valence electrons. The van der Waals surface area contributed by atoms with E-state index in [4.69, 9.17) is 9.47 Å². The minimum Gasteiger partial charge on any atom is -0.466 e. The molecule has 0 amide bonds. The van der Waals surface area contributed by atoms with Crippen molar-refractivity contribution in [2.45, 2.75) is 20.3 Å². The fraction of sp³-hybridized carbons (Fsp3) is 0.333. The molecule has 0 aliphatic carbocycles. The van der Waals surface area contributed by atoms with E-state index in [1.165, 1.54) is 30.3 Å². The summed E-state index contributed by atoms with van der Waals surface area (Å²) in [5.74, 6) is -1.45. The molecule has 1 rings (SSSR count). The largest absolute Gasteiger partial charge is 0.466 e. The van der Waals surface area contributed by atoms with E-state index < -0.39 is 11.9 Å². The minimum absolute atomic E-state index is 0.177. The first-order valence-electron chi connectivity index (χ1n) is 6.35. The third-order valence-corrected chi connectivity index (χ3v) is 2.39. The summed E-state index contributed by atoms with van der Waals surface area (Å²) < 4.78 is 22.5. The molecule has 1 aromatic rings. The highest BCUT2D eigenvalue weighted by molar-refractivity contribution is 5.98. The third-order valence-electron chi connectivity index (χ3n) is 2.39. The summed E-state index contributed by atoms with van der Waals surface area (Å²) in [7, 11) is 0. The maximum atomic E-state index is 12.8. The van der Waals surface area contributed by atoms with Crippen LogP contribution in [0.2, 0.25) is 0 Å². The number of ether oxygens (including phenoxy) is 2. The van der Waals surface area contributed by atoms with E-state index in [0.29, 0.717) is 5.56 Å².